The molecule has 0 atom stereocenters. The van der Waals surface area contributed by atoms with Gasteiger partial charge in [0.15, 0.2) is 6.61 Å². The molecule has 6 heteroatoms. The minimum atomic E-state index is -0.541. The fourth-order valence-electron chi connectivity index (χ4n) is 2.59. The van der Waals surface area contributed by atoms with Crippen molar-refractivity contribution >= 4 is 23.1 Å². The van der Waals surface area contributed by atoms with Gasteiger partial charge in [0.1, 0.15) is 9.88 Å². The second kappa shape index (κ2) is 7.58. The highest BCUT2D eigenvalue weighted by Crippen LogP contribution is 2.27. The summed E-state index contributed by atoms with van der Waals surface area (Å²) in [5, 5.41) is 0.649. The predicted octanol–water partition coefficient (Wildman–Crippen LogP) is 4.17. The lowest BCUT2D eigenvalue weighted by molar-refractivity contribution is 0.0478. The van der Waals surface area contributed by atoms with Gasteiger partial charge in [0, 0.05) is 11.8 Å². The van der Waals surface area contributed by atoms with Crippen molar-refractivity contribution in [2.24, 2.45) is 0 Å². The number of esters is 1. The van der Waals surface area contributed by atoms with Crippen LogP contribution in [0.5, 0.6) is 0 Å². The van der Waals surface area contributed by atoms with Crippen LogP contribution in [0.3, 0.4) is 0 Å². The molecule has 0 aliphatic heterocycles. The van der Waals surface area contributed by atoms with Crippen LogP contribution in [0, 0.1) is 20.8 Å². The van der Waals surface area contributed by atoms with E-state index in [2.05, 4.69) is 9.97 Å². The van der Waals surface area contributed by atoms with Crippen molar-refractivity contribution in [3.8, 4) is 10.7 Å². The van der Waals surface area contributed by atoms with Crippen molar-refractivity contribution < 1.29 is 14.3 Å². The number of ketones is 1. The lowest BCUT2D eigenvalue weighted by Gasteiger charge is -2.07. The molecule has 0 saturated carbocycles. The molecule has 2 heterocycles. The average Bonchev–Trinajstić information content (AvgIpc) is 3.02. The Morgan fingerprint density at radius 3 is 2.62 bits per heavy atom. The summed E-state index contributed by atoms with van der Waals surface area (Å²) in [6.45, 7) is 5.28. The highest BCUT2D eigenvalue weighted by molar-refractivity contribution is 7.17. The van der Waals surface area contributed by atoms with Crippen molar-refractivity contribution in [3.05, 3.63) is 69.9 Å². The number of hydrogen-bond acceptors (Lipinski definition) is 6. The summed E-state index contributed by atoms with van der Waals surface area (Å²) in [4.78, 5) is 33.7. The van der Waals surface area contributed by atoms with E-state index in [-0.39, 0.29) is 12.4 Å². The predicted molar refractivity (Wildman–Crippen MR) is 101 cm³/mol. The van der Waals surface area contributed by atoms with Crippen LogP contribution in [0.25, 0.3) is 10.7 Å². The van der Waals surface area contributed by atoms with Gasteiger partial charge in [0.05, 0.1) is 11.4 Å². The molecule has 0 spiro atoms. The van der Waals surface area contributed by atoms with E-state index in [4.69, 9.17) is 4.74 Å². The maximum absolute atomic E-state index is 12.4. The molecule has 0 saturated heterocycles. The third kappa shape index (κ3) is 3.86. The quantitative estimate of drug-likeness (QED) is 0.501. The van der Waals surface area contributed by atoms with Gasteiger partial charge in [-0.3, -0.25) is 9.78 Å². The summed E-state index contributed by atoms with van der Waals surface area (Å²) in [6, 6.07) is 11.1. The van der Waals surface area contributed by atoms with Gasteiger partial charge >= 0.3 is 5.97 Å². The largest absolute Gasteiger partial charge is 0.453 e. The summed E-state index contributed by atoms with van der Waals surface area (Å²) in [5.41, 5.74) is 3.79. The van der Waals surface area contributed by atoms with E-state index < -0.39 is 5.97 Å². The minimum absolute atomic E-state index is 0.219. The van der Waals surface area contributed by atoms with Crippen molar-refractivity contribution in [1.82, 2.24) is 9.97 Å². The molecule has 3 rings (SSSR count). The molecule has 0 aliphatic rings. The minimum Gasteiger partial charge on any atom is -0.453 e. The Kier molecular flexibility index (Phi) is 5.23. The fraction of sp³-hybridized carbons (Fsp3) is 0.200. The maximum atomic E-state index is 12.4. The first-order valence-corrected chi connectivity index (χ1v) is 8.94. The van der Waals surface area contributed by atoms with E-state index in [1.165, 1.54) is 11.3 Å². The molecule has 5 nitrogen and oxygen atoms in total. The van der Waals surface area contributed by atoms with Crippen LogP contribution in [0.1, 0.15) is 36.9 Å². The fourth-order valence-corrected chi connectivity index (χ4v) is 3.52. The molecule has 0 N–H and O–H groups in total. The van der Waals surface area contributed by atoms with Crippen LogP contribution in [0.2, 0.25) is 0 Å². The lowest BCUT2D eigenvalue weighted by Crippen LogP contribution is -2.15. The van der Waals surface area contributed by atoms with Gasteiger partial charge in [-0.15, -0.1) is 11.3 Å². The Balaban J connectivity index is 1.71. The Hall–Kier alpha value is -2.86. The monoisotopic (exact) mass is 366 g/mol. The lowest BCUT2D eigenvalue weighted by atomic mass is 10.0. The molecule has 0 aliphatic carbocycles. The van der Waals surface area contributed by atoms with Gasteiger partial charge in [0.25, 0.3) is 0 Å². The van der Waals surface area contributed by atoms with Crippen molar-refractivity contribution in [2.75, 3.05) is 6.61 Å². The average molecular weight is 366 g/mol. The van der Waals surface area contributed by atoms with Crippen LogP contribution in [-0.2, 0) is 4.74 Å². The summed E-state index contributed by atoms with van der Waals surface area (Å²) >= 11 is 1.21. The van der Waals surface area contributed by atoms with Crippen molar-refractivity contribution in [2.45, 2.75) is 20.8 Å². The molecule has 132 valence electrons. The van der Waals surface area contributed by atoms with Gasteiger partial charge in [-0.25, -0.2) is 9.78 Å². The number of aryl methyl sites for hydroxylation is 3. The Morgan fingerprint density at radius 1 is 1.12 bits per heavy atom. The number of nitrogens with zero attached hydrogens (tertiary/aromatic N) is 2. The number of hydrogen-bond donors (Lipinski definition) is 0. The van der Waals surface area contributed by atoms with Crippen LogP contribution in [0.15, 0.2) is 42.6 Å². The molecular formula is C20H18N2O3S. The SMILES string of the molecule is Cc1ccc(C(=O)COC(=O)c2sc(-c3ccccn3)nc2C)c(C)c1. The highest BCUT2D eigenvalue weighted by Gasteiger charge is 2.20. The summed E-state index contributed by atoms with van der Waals surface area (Å²) in [7, 11) is 0. The first-order valence-electron chi connectivity index (χ1n) is 8.12. The number of pyridine rings is 1. The third-order valence-corrected chi connectivity index (χ3v) is 5.04. The molecule has 0 bridgehead atoms. The topological polar surface area (TPSA) is 69.2 Å². The number of carbonyl (C=O) groups is 2. The summed E-state index contributed by atoms with van der Waals surface area (Å²) in [6.07, 6.45) is 1.67. The Morgan fingerprint density at radius 2 is 1.92 bits per heavy atom. The summed E-state index contributed by atoms with van der Waals surface area (Å²) < 4.78 is 5.22. The molecule has 26 heavy (non-hydrogen) atoms. The number of carbonyl (C=O) groups excluding carboxylic acids is 2. The van der Waals surface area contributed by atoms with Crippen LogP contribution in [0.4, 0.5) is 0 Å². The zero-order chi connectivity index (χ0) is 18.7. The molecule has 0 amide bonds. The van der Waals surface area contributed by atoms with Gasteiger partial charge in [-0.1, -0.05) is 29.8 Å². The Labute approximate surface area is 155 Å². The number of Topliss-reactive ketones (excluding diaryl/α,β-unsaturated/α-hetero) is 1. The zero-order valence-corrected chi connectivity index (χ0v) is 15.6. The second-order valence-corrected chi connectivity index (χ2v) is 6.97. The highest BCUT2D eigenvalue weighted by atomic mass is 32.1. The van der Waals surface area contributed by atoms with Crippen molar-refractivity contribution in [1.29, 1.82) is 0 Å². The van der Waals surface area contributed by atoms with E-state index >= 15 is 0 Å². The zero-order valence-electron chi connectivity index (χ0n) is 14.8. The third-order valence-electron chi connectivity index (χ3n) is 3.88. The maximum Gasteiger partial charge on any atom is 0.350 e. The summed E-state index contributed by atoms with van der Waals surface area (Å²) in [5.74, 6) is -0.761. The number of thiazole rings is 1. The van der Waals surface area contributed by atoms with Crippen molar-refractivity contribution in [3.63, 3.8) is 0 Å². The molecule has 0 unspecified atom stereocenters. The van der Waals surface area contributed by atoms with E-state index in [9.17, 15) is 9.59 Å². The van der Waals surface area contributed by atoms with E-state index in [0.717, 1.165) is 11.1 Å². The van der Waals surface area contributed by atoms with Crippen LogP contribution in [-0.4, -0.2) is 28.3 Å². The normalized spacial score (nSPS) is 10.6. The van der Waals surface area contributed by atoms with Gasteiger partial charge < -0.3 is 4.74 Å². The number of aromatic nitrogens is 2. The van der Waals surface area contributed by atoms with Gasteiger partial charge in [0.2, 0.25) is 5.78 Å². The first-order chi connectivity index (χ1) is 12.5. The van der Waals surface area contributed by atoms with E-state index in [1.807, 2.05) is 44.2 Å². The Bertz CT molecular complexity index is 964. The molecule has 3 aromatic rings. The smallest absolute Gasteiger partial charge is 0.350 e. The van der Waals surface area contributed by atoms with Gasteiger partial charge in [-0.2, -0.15) is 0 Å². The van der Waals surface area contributed by atoms with E-state index in [0.29, 0.717) is 26.8 Å². The van der Waals surface area contributed by atoms with E-state index in [1.54, 1.807) is 19.2 Å². The molecular weight excluding hydrogens is 348 g/mol. The van der Waals surface area contributed by atoms with Crippen LogP contribution >= 0.6 is 11.3 Å². The molecule has 0 fully saturated rings. The molecule has 2 aromatic heterocycles. The first kappa shape index (κ1) is 17.9. The standard InChI is InChI=1S/C20H18N2O3S/c1-12-7-8-15(13(2)10-12)17(23)11-25-20(24)18-14(3)22-19(26-18)16-6-4-5-9-21-16/h4-10H,11H2,1-3H3. The molecule has 1 aromatic carbocycles. The number of rotatable bonds is 5. The number of benzene rings is 1. The van der Waals surface area contributed by atoms with Gasteiger partial charge in [-0.05, 0) is 38.5 Å². The molecule has 0 radical (unpaired) electrons. The number of ether oxygens (including phenoxy) is 1. The van der Waals surface area contributed by atoms with Crippen LogP contribution < -0.4 is 0 Å². The second-order valence-electron chi connectivity index (χ2n) is 5.97.